The largest absolute Gasteiger partial charge is 0.405 e. The minimum Gasteiger partial charge on any atom is -0.379 e. The minimum atomic E-state index is -4.40. The van der Waals surface area contributed by atoms with E-state index < -0.39 is 24.7 Å². The number of morpholine rings is 1. The Kier molecular flexibility index (Phi) is 7.22. The summed E-state index contributed by atoms with van der Waals surface area (Å²) in [5.41, 5.74) is 2.17. The molecule has 140 valence electrons. The minimum absolute atomic E-state index is 0.418. The van der Waals surface area contributed by atoms with E-state index in [9.17, 15) is 18.0 Å². The average Bonchev–Trinajstić information content (AvgIpc) is 2.59. The SMILES string of the molecule is C[C@H](NCc1ccccc1CN1CCOCC1)C(=O)NCC(F)(F)F. The Morgan fingerprint density at radius 2 is 1.88 bits per heavy atom. The van der Waals surface area contributed by atoms with Crippen molar-refractivity contribution in [2.24, 2.45) is 0 Å². The third kappa shape index (κ3) is 7.01. The Bertz CT molecular complexity index is 560. The van der Waals surface area contributed by atoms with E-state index in [0.29, 0.717) is 6.54 Å². The normalized spacial score (nSPS) is 17.3. The molecule has 2 rings (SSSR count). The van der Waals surface area contributed by atoms with Crippen LogP contribution < -0.4 is 10.6 Å². The summed E-state index contributed by atoms with van der Waals surface area (Å²) >= 11 is 0. The summed E-state index contributed by atoms with van der Waals surface area (Å²) in [6.07, 6.45) is -4.40. The first-order valence-corrected chi connectivity index (χ1v) is 8.30. The van der Waals surface area contributed by atoms with E-state index in [1.54, 1.807) is 6.92 Å². The molecule has 0 aromatic heterocycles. The zero-order valence-corrected chi connectivity index (χ0v) is 14.2. The highest BCUT2D eigenvalue weighted by atomic mass is 19.4. The first-order valence-electron chi connectivity index (χ1n) is 8.30. The fourth-order valence-electron chi connectivity index (χ4n) is 2.58. The molecule has 0 spiro atoms. The van der Waals surface area contributed by atoms with Crippen molar-refractivity contribution < 1.29 is 22.7 Å². The fourth-order valence-corrected chi connectivity index (χ4v) is 2.58. The van der Waals surface area contributed by atoms with Crippen LogP contribution in [0.3, 0.4) is 0 Å². The molecular formula is C17H24F3N3O2. The second kappa shape index (κ2) is 9.17. The lowest BCUT2D eigenvalue weighted by Crippen LogP contribution is -2.45. The van der Waals surface area contributed by atoms with Crippen LogP contribution in [0.25, 0.3) is 0 Å². The average molecular weight is 359 g/mol. The molecule has 1 aliphatic rings. The molecular weight excluding hydrogens is 335 g/mol. The van der Waals surface area contributed by atoms with Gasteiger partial charge in [0, 0.05) is 26.2 Å². The number of rotatable bonds is 7. The van der Waals surface area contributed by atoms with Crippen molar-refractivity contribution >= 4 is 5.91 Å². The summed E-state index contributed by atoms with van der Waals surface area (Å²) in [7, 11) is 0. The van der Waals surface area contributed by atoms with Crippen LogP contribution in [-0.4, -0.2) is 55.9 Å². The van der Waals surface area contributed by atoms with E-state index >= 15 is 0 Å². The molecule has 0 saturated carbocycles. The van der Waals surface area contributed by atoms with Gasteiger partial charge in [-0.25, -0.2) is 0 Å². The third-order valence-corrected chi connectivity index (χ3v) is 4.07. The molecule has 1 aliphatic heterocycles. The van der Waals surface area contributed by atoms with Gasteiger partial charge in [0.2, 0.25) is 5.91 Å². The van der Waals surface area contributed by atoms with E-state index in [4.69, 9.17) is 4.74 Å². The van der Waals surface area contributed by atoms with Crippen LogP contribution in [0, 0.1) is 0 Å². The maximum atomic E-state index is 12.2. The topological polar surface area (TPSA) is 53.6 Å². The van der Waals surface area contributed by atoms with Crippen LogP contribution >= 0.6 is 0 Å². The Hall–Kier alpha value is -1.64. The van der Waals surface area contributed by atoms with Crippen molar-refractivity contribution in [1.82, 2.24) is 15.5 Å². The molecule has 2 N–H and O–H groups in total. The zero-order valence-electron chi connectivity index (χ0n) is 14.2. The van der Waals surface area contributed by atoms with E-state index in [1.165, 1.54) is 0 Å². The second-order valence-corrected chi connectivity index (χ2v) is 6.09. The smallest absolute Gasteiger partial charge is 0.379 e. The molecule has 5 nitrogen and oxygen atoms in total. The Balaban J connectivity index is 1.86. The zero-order chi connectivity index (χ0) is 18.3. The second-order valence-electron chi connectivity index (χ2n) is 6.09. The van der Waals surface area contributed by atoms with Crippen molar-refractivity contribution in [3.05, 3.63) is 35.4 Å². The number of ether oxygens (including phenoxy) is 1. The number of nitrogens with zero attached hydrogens (tertiary/aromatic N) is 1. The summed E-state index contributed by atoms with van der Waals surface area (Å²) in [6, 6.07) is 7.15. The van der Waals surface area contributed by atoms with Crippen molar-refractivity contribution in [2.45, 2.75) is 32.2 Å². The number of hydrogen-bond donors (Lipinski definition) is 2. The summed E-state index contributed by atoms with van der Waals surface area (Å²) in [4.78, 5) is 14.0. The molecule has 0 radical (unpaired) electrons. The Morgan fingerprint density at radius 1 is 1.24 bits per heavy atom. The molecule has 1 fully saturated rings. The Morgan fingerprint density at radius 3 is 2.52 bits per heavy atom. The van der Waals surface area contributed by atoms with Gasteiger partial charge in [-0.15, -0.1) is 0 Å². The number of carbonyl (C=O) groups is 1. The number of hydrogen-bond acceptors (Lipinski definition) is 4. The molecule has 0 unspecified atom stereocenters. The van der Waals surface area contributed by atoms with Gasteiger partial charge in [-0.05, 0) is 18.1 Å². The number of alkyl halides is 3. The van der Waals surface area contributed by atoms with E-state index in [1.807, 2.05) is 29.6 Å². The summed E-state index contributed by atoms with van der Waals surface area (Å²) in [5, 5.41) is 4.88. The first-order chi connectivity index (χ1) is 11.8. The molecule has 25 heavy (non-hydrogen) atoms. The van der Waals surface area contributed by atoms with Gasteiger partial charge in [-0.3, -0.25) is 9.69 Å². The predicted octanol–water partition coefficient (Wildman–Crippen LogP) is 1.68. The monoisotopic (exact) mass is 359 g/mol. The number of amides is 1. The number of carbonyl (C=O) groups excluding carboxylic acids is 1. The highest BCUT2D eigenvalue weighted by Crippen LogP contribution is 2.14. The first kappa shape index (κ1) is 19.7. The predicted molar refractivity (Wildman–Crippen MR) is 87.9 cm³/mol. The van der Waals surface area contributed by atoms with E-state index in [2.05, 4.69) is 10.2 Å². The standard InChI is InChI=1S/C17H24F3N3O2/c1-13(16(24)22-12-17(18,19)20)21-10-14-4-2-3-5-15(14)11-23-6-8-25-9-7-23/h2-5,13,21H,6-12H2,1H3,(H,22,24)/t13-/m0/s1. The highest BCUT2D eigenvalue weighted by molar-refractivity contribution is 5.81. The van der Waals surface area contributed by atoms with Crippen LogP contribution in [0.4, 0.5) is 13.2 Å². The van der Waals surface area contributed by atoms with Gasteiger partial charge in [0.05, 0.1) is 19.3 Å². The molecule has 0 bridgehead atoms. The summed E-state index contributed by atoms with van der Waals surface area (Å²) in [5.74, 6) is -0.664. The molecule has 1 aromatic carbocycles. The molecule has 1 amide bonds. The number of nitrogens with one attached hydrogen (secondary N) is 2. The number of halogens is 3. The van der Waals surface area contributed by atoms with Crippen LogP contribution in [0.1, 0.15) is 18.1 Å². The van der Waals surface area contributed by atoms with Gasteiger partial charge in [-0.1, -0.05) is 24.3 Å². The van der Waals surface area contributed by atoms with Crippen molar-refractivity contribution in [1.29, 1.82) is 0 Å². The van der Waals surface area contributed by atoms with Crippen LogP contribution in [0.15, 0.2) is 24.3 Å². The summed E-state index contributed by atoms with van der Waals surface area (Å²) in [6.45, 7) is 4.63. The van der Waals surface area contributed by atoms with Gasteiger partial charge in [0.15, 0.2) is 0 Å². The van der Waals surface area contributed by atoms with Crippen molar-refractivity contribution in [3.63, 3.8) is 0 Å². The molecule has 8 heteroatoms. The van der Waals surface area contributed by atoms with E-state index in [0.717, 1.165) is 44.0 Å². The quantitative estimate of drug-likeness (QED) is 0.778. The highest BCUT2D eigenvalue weighted by Gasteiger charge is 2.28. The summed E-state index contributed by atoms with van der Waals surface area (Å²) < 4.78 is 41.8. The van der Waals surface area contributed by atoms with Crippen LogP contribution in [0.5, 0.6) is 0 Å². The molecule has 1 aromatic rings. The fraction of sp³-hybridized carbons (Fsp3) is 0.588. The van der Waals surface area contributed by atoms with Gasteiger partial charge in [-0.2, -0.15) is 13.2 Å². The number of benzene rings is 1. The Labute approximate surface area is 145 Å². The molecule has 1 heterocycles. The lowest BCUT2D eigenvalue weighted by molar-refractivity contribution is -0.139. The van der Waals surface area contributed by atoms with Gasteiger partial charge >= 0.3 is 6.18 Å². The lowest BCUT2D eigenvalue weighted by atomic mass is 10.1. The van der Waals surface area contributed by atoms with Crippen LogP contribution in [0.2, 0.25) is 0 Å². The molecule has 1 saturated heterocycles. The van der Waals surface area contributed by atoms with Crippen molar-refractivity contribution in [3.8, 4) is 0 Å². The lowest BCUT2D eigenvalue weighted by Gasteiger charge is -2.27. The van der Waals surface area contributed by atoms with Gasteiger partial charge in [0.25, 0.3) is 0 Å². The third-order valence-electron chi connectivity index (χ3n) is 4.07. The maximum Gasteiger partial charge on any atom is 0.405 e. The van der Waals surface area contributed by atoms with Gasteiger partial charge < -0.3 is 15.4 Å². The maximum absolute atomic E-state index is 12.2. The van der Waals surface area contributed by atoms with Crippen LogP contribution in [-0.2, 0) is 22.6 Å². The van der Waals surface area contributed by atoms with E-state index in [-0.39, 0.29) is 0 Å². The molecule has 0 aliphatic carbocycles. The van der Waals surface area contributed by atoms with Gasteiger partial charge in [0.1, 0.15) is 6.54 Å². The van der Waals surface area contributed by atoms with Crippen molar-refractivity contribution in [2.75, 3.05) is 32.8 Å². The molecule has 1 atom stereocenters.